The maximum absolute atomic E-state index is 11.3. The summed E-state index contributed by atoms with van der Waals surface area (Å²) < 4.78 is 0. The van der Waals surface area contributed by atoms with Crippen LogP contribution in [0.4, 0.5) is 0 Å². The summed E-state index contributed by atoms with van der Waals surface area (Å²) in [6.45, 7) is 9.16. The molecule has 0 saturated heterocycles. The average molecular weight is 242 g/mol. The predicted molar refractivity (Wildman–Crippen MR) is 72.2 cm³/mol. The van der Waals surface area contributed by atoms with Gasteiger partial charge < -0.3 is 16.0 Å². The van der Waals surface area contributed by atoms with E-state index in [4.69, 9.17) is 0 Å². The fourth-order valence-corrected chi connectivity index (χ4v) is 1.21. The number of guanidine groups is 1. The molecule has 0 radical (unpaired) electrons. The molecule has 3 N–H and O–H groups in total. The van der Waals surface area contributed by atoms with Gasteiger partial charge in [-0.25, -0.2) is 0 Å². The first-order valence-corrected chi connectivity index (χ1v) is 6.53. The van der Waals surface area contributed by atoms with Gasteiger partial charge in [0, 0.05) is 32.6 Å². The molecule has 0 rings (SSSR count). The van der Waals surface area contributed by atoms with Crippen molar-refractivity contribution in [3.05, 3.63) is 0 Å². The van der Waals surface area contributed by atoms with Crippen molar-refractivity contribution in [2.24, 2.45) is 4.99 Å². The first kappa shape index (κ1) is 15.7. The minimum absolute atomic E-state index is 0.0886. The molecular weight excluding hydrogens is 216 g/mol. The molecule has 100 valence electrons. The first-order valence-electron chi connectivity index (χ1n) is 6.53. The Morgan fingerprint density at radius 1 is 1.00 bits per heavy atom. The lowest BCUT2D eigenvalue weighted by atomic mass is 10.4. The van der Waals surface area contributed by atoms with E-state index in [2.05, 4.69) is 27.9 Å². The largest absolute Gasteiger partial charge is 0.357 e. The van der Waals surface area contributed by atoms with Crippen LogP contribution < -0.4 is 16.0 Å². The number of aliphatic imine (C=N–C) groups is 1. The van der Waals surface area contributed by atoms with Gasteiger partial charge in [-0.15, -0.1) is 0 Å². The van der Waals surface area contributed by atoms with E-state index in [1.807, 2.05) is 13.8 Å². The highest BCUT2D eigenvalue weighted by Gasteiger charge is 2.01. The highest BCUT2D eigenvalue weighted by Crippen LogP contribution is 1.82. The van der Waals surface area contributed by atoms with E-state index < -0.39 is 0 Å². The third-order valence-corrected chi connectivity index (χ3v) is 2.05. The minimum atomic E-state index is 0.0886. The maximum atomic E-state index is 11.3. The molecule has 0 bridgehead atoms. The third-order valence-electron chi connectivity index (χ3n) is 2.05. The molecule has 0 aromatic heterocycles. The number of carbonyl (C=O) groups excluding carboxylic acids is 1. The number of nitrogens with zero attached hydrogens (tertiary/aromatic N) is 1. The molecule has 0 aliphatic carbocycles. The summed E-state index contributed by atoms with van der Waals surface area (Å²) in [7, 11) is 0. The van der Waals surface area contributed by atoms with Crippen LogP contribution in [0.5, 0.6) is 0 Å². The van der Waals surface area contributed by atoms with Crippen molar-refractivity contribution in [3.63, 3.8) is 0 Å². The van der Waals surface area contributed by atoms with Crippen LogP contribution in [0.15, 0.2) is 4.99 Å². The molecule has 0 aromatic carbocycles. The Hall–Kier alpha value is -1.26. The molecule has 0 unspecified atom stereocenters. The molecule has 17 heavy (non-hydrogen) atoms. The SMILES string of the molecule is CCCN=C(NCC)NCCC(=O)NCCC. The van der Waals surface area contributed by atoms with E-state index in [9.17, 15) is 4.79 Å². The smallest absolute Gasteiger partial charge is 0.221 e. The van der Waals surface area contributed by atoms with Gasteiger partial charge in [-0.2, -0.15) is 0 Å². The van der Waals surface area contributed by atoms with Gasteiger partial charge in [0.1, 0.15) is 0 Å². The molecule has 0 heterocycles. The van der Waals surface area contributed by atoms with Crippen LogP contribution in [-0.4, -0.2) is 38.0 Å². The van der Waals surface area contributed by atoms with Crippen LogP contribution in [0.1, 0.15) is 40.0 Å². The second-order valence-corrected chi connectivity index (χ2v) is 3.79. The summed E-state index contributed by atoms with van der Waals surface area (Å²) in [6.07, 6.45) is 2.48. The van der Waals surface area contributed by atoms with Gasteiger partial charge in [-0.1, -0.05) is 13.8 Å². The van der Waals surface area contributed by atoms with Crippen molar-refractivity contribution >= 4 is 11.9 Å². The number of hydrogen-bond acceptors (Lipinski definition) is 2. The maximum Gasteiger partial charge on any atom is 0.221 e. The van der Waals surface area contributed by atoms with E-state index >= 15 is 0 Å². The van der Waals surface area contributed by atoms with Crippen molar-refractivity contribution in [1.29, 1.82) is 0 Å². The second-order valence-electron chi connectivity index (χ2n) is 3.79. The van der Waals surface area contributed by atoms with E-state index in [0.29, 0.717) is 13.0 Å². The molecule has 5 heteroatoms. The monoisotopic (exact) mass is 242 g/mol. The van der Waals surface area contributed by atoms with Crippen LogP contribution in [-0.2, 0) is 4.79 Å². The van der Waals surface area contributed by atoms with Crippen molar-refractivity contribution in [2.45, 2.75) is 40.0 Å². The predicted octanol–water partition coefficient (Wildman–Crippen LogP) is 0.868. The van der Waals surface area contributed by atoms with Gasteiger partial charge in [0.2, 0.25) is 5.91 Å². The fraction of sp³-hybridized carbons (Fsp3) is 0.833. The number of carbonyl (C=O) groups is 1. The zero-order chi connectivity index (χ0) is 12.9. The molecule has 1 amide bonds. The molecule has 0 fully saturated rings. The van der Waals surface area contributed by atoms with Crippen molar-refractivity contribution < 1.29 is 4.79 Å². The van der Waals surface area contributed by atoms with E-state index in [-0.39, 0.29) is 5.91 Å². The van der Waals surface area contributed by atoms with Gasteiger partial charge in [0.15, 0.2) is 5.96 Å². The van der Waals surface area contributed by atoms with Gasteiger partial charge in [-0.3, -0.25) is 9.79 Å². The lowest BCUT2D eigenvalue weighted by molar-refractivity contribution is -0.120. The molecule has 5 nitrogen and oxygen atoms in total. The molecule has 0 aromatic rings. The van der Waals surface area contributed by atoms with Crippen molar-refractivity contribution in [1.82, 2.24) is 16.0 Å². The van der Waals surface area contributed by atoms with Crippen molar-refractivity contribution in [2.75, 3.05) is 26.2 Å². The Morgan fingerprint density at radius 2 is 1.76 bits per heavy atom. The summed E-state index contributed by atoms with van der Waals surface area (Å²) in [5, 5.41) is 9.12. The van der Waals surface area contributed by atoms with E-state index in [0.717, 1.165) is 38.4 Å². The number of amides is 1. The Morgan fingerprint density at radius 3 is 2.35 bits per heavy atom. The summed E-state index contributed by atoms with van der Waals surface area (Å²) in [5.74, 6) is 0.878. The Labute approximate surface area is 104 Å². The zero-order valence-corrected chi connectivity index (χ0v) is 11.3. The van der Waals surface area contributed by atoms with Gasteiger partial charge in [0.05, 0.1) is 0 Å². The molecule has 0 atom stereocenters. The van der Waals surface area contributed by atoms with E-state index in [1.165, 1.54) is 0 Å². The first-order chi connectivity index (χ1) is 8.24. The van der Waals surface area contributed by atoms with Crippen LogP contribution in [0.2, 0.25) is 0 Å². The summed E-state index contributed by atoms with van der Waals surface area (Å²) in [5.41, 5.74) is 0. The van der Waals surface area contributed by atoms with Crippen molar-refractivity contribution in [3.8, 4) is 0 Å². The fourth-order valence-electron chi connectivity index (χ4n) is 1.21. The number of hydrogen-bond donors (Lipinski definition) is 3. The van der Waals surface area contributed by atoms with Crippen LogP contribution >= 0.6 is 0 Å². The normalized spacial score (nSPS) is 11.1. The third kappa shape index (κ3) is 9.66. The molecule has 0 aliphatic heterocycles. The Bertz CT molecular complexity index is 229. The molecular formula is C12H26N4O. The molecule has 0 aliphatic rings. The molecule has 0 saturated carbocycles. The average Bonchev–Trinajstić information content (AvgIpc) is 2.33. The quantitative estimate of drug-likeness (QED) is 0.437. The van der Waals surface area contributed by atoms with Crippen LogP contribution in [0.25, 0.3) is 0 Å². The highest BCUT2D eigenvalue weighted by atomic mass is 16.1. The number of nitrogens with one attached hydrogen (secondary N) is 3. The number of rotatable bonds is 8. The Balaban J connectivity index is 3.77. The van der Waals surface area contributed by atoms with E-state index in [1.54, 1.807) is 0 Å². The van der Waals surface area contributed by atoms with Crippen LogP contribution in [0.3, 0.4) is 0 Å². The van der Waals surface area contributed by atoms with Gasteiger partial charge >= 0.3 is 0 Å². The molecule has 0 spiro atoms. The summed E-state index contributed by atoms with van der Waals surface area (Å²) in [4.78, 5) is 15.7. The highest BCUT2D eigenvalue weighted by molar-refractivity contribution is 5.81. The summed E-state index contributed by atoms with van der Waals surface area (Å²) >= 11 is 0. The lowest BCUT2D eigenvalue weighted by Gasteiger charge is -2.10. The zero-order valence-electron chi connectivity index (χ0n) is 11.3. The topological polar surface area (TPSA) is 65.5 Å². The second kappa shape index (κ2) is 11.2. The van der Waals surface area contributed by atoms with Gasteiger partial charge in [0.25, 0.3) is 0 Å². The van der Waals surface area contributed by atoms with Crippen LogP contribution in [0, 0.1) is 0 Å². The summed E-state index contributed by atoms with van der Waals surface area (Å²) in [6, 6.07) is 0. The standard InChI is InChI=1S/C12H26N4O/c1-4-8-14-11(17)7-10-16-12(13-6-3)15-9-5-2/h4-10H2,1-3H3,(H,14,17)(H2,13,15,16). The lowest BCUT2D eigenvalue weighted by Crippen LogP contribution is -2.39. The minimum Gasteiger partial charge on any atom is -0.357 e. The Kier molecular flexibility index (Phi) is 10.4. The van der Waals surface area contributed by atoms with Gasteiger partial charge in [-0.05, 0) is 19.8 Å².